The maximum absolute atomic E-state index is 2.29. The lowest BCUT2D eigenvalue weighted by atomic mass is 10.6. The van der Waals surface area contributed by atoms with Crippen LogP contribution in [0.2, 0.25) is 9.10 Å². The SMILES string of the molecule is CC[CH2][Mg][CH2]C.Cl. The highest BCUT2D eigenvalue weighted by molar-refractivity contribution is 6.35. The lowest BCUT2D eigenvalue weighted by Gasteiger charge is -1.81. The minimum absolute atomic E-state index is 0. The van der Waals surface area contributed by atoms with Crippen LogP contribution < -0.4 is 0 Å². The topological polar surface area (TPSA) is 0 Å². The van der Waals surface area contributed by atoms with E-state index in [1.807, 2.05) is 0 Å². The fraction of sp³-hybridized carbons (Fsp3) is 1.00. The van der Waals surface area contributed by atoms with Crippen molar-refractivity contribution in [1.29, 1.82) is 0 Å². The molecule has 0 heterocycles. The number of halogens is 1. The normalized spacial score (nSPS) is 6.57. The van der Waals surface area contributed by atoms with Crippen molar-refractivity contribution in [3.8, 4) is 0 Å². The van der Waals surface area contributed by atoms with E-state index >= 15 is 0 Å². The van der Waals surface area contributed by atoms with Crippen LogP contribution in [-0.4, -0.2) is 20.4 Å². The Bertz CT molecular complexity index is 20.0. The van der Waals surface area contributed by atoms with Crippen molar-refractivity contribution in [1.82, 2.24) is 0 Å². The van der Waals surface area contributed by atoms with Gasteiger partial charge in [0.25, 0.3) is 0 Å². The molecule has 0 saturated heterocycles. The lowest BCUT2D eigenvalue weighted by molar-refractivity contribution is 1.07. The summed E-state index contributed by atoms with van der Waals surface area (Å²) in [6.45, 7) is 4.56. The molecule has 0 radical (unpaired) electrons. The van der Waals surface area contributed by atoms with Crippen LogP contribution in [0.1, 0.15) is 20.3 Å². The van der Waals surface area contributed by atoms with Gasteiger partial charge in [0.05, 0.1) is 0 Å². The third-order valence-electron chi connectivity index (χ3n) is 0.957. The first-order chi connectivity index (χ1) is 2.91. The smallest absolute Gasteiger partial charge is 0.149 e. The fourth-order valence-corrected chi connectivity index (χ4v) is 1.50. The summed E-state index contributed by atoms with van der Waals surface area (Å²) in [5.41, 5.74) is 0. The predicted octanol–water partition coefficient (Wildman–Crippen LogP) is 2.38. The molecule has 0 fully saturated rings. The molecule has 0 aliphatic carbocycles. The molecule has 7 heavy (non-hydrogen) atoms. The molecule has 0 spiro atoms. The highest BCUT2D eigenvalue weighted by Crippen LogP contribution is 1.86. The van der Waals surface area contributed by atoms with Crippen molar-refractivity contribution >= 4 is 32.8 Å². The second-order valence-electron chi connectivity index (χ2n) is 1.71. The Morgan fingerprint density at radius 3 is 2.00 bits per heavy atom. The van der Waals surface area contributed by atoms with Crippen molar-refractivity contribution in [2.24, 2.45) is 0 Å². The van der Waals surface area contributed by atoms with E-state index in [1.165, 1.54) is 11.0 Å². The first-order valence-electron chi connectivity index (χ1n) is 2.91. The van der Waals surface area contributed by atoms with E-state index in [9.17, 15) is 0 Å². The van der Waals surface area contributed by atoms with Gasteiger partial charge in [-0.3, -0.25) is 0 Å². The molecule has 0 aliphatic rings. The van der Waals surface area contributed by atoms with Crippen LogP contribution >= 0.6 is 12.4 Å². The van der Waals surface area contributed by atoms with Crippen LogP contribution in [0.25, 0.3) is 0 Å². The monoisotopic (exact) mass is 132 g/mol. The summed E-state index contributed by atoms with van der Waals surface area (Å²) in [5, 5.41) is 0. The summed E-state index contributed by atoms with van der Waals surface area (Å²) in [6, 6.07) is 0. The number of rotatable bonds is 3. The van der Waals surface area contributed by atoms with Crippen molar-refractivity contribution < 1.29 is 0 Å². The van der Waals surface area contributed by atoms with Gasteiger partial charge in [0, 0.05) is 0 Å². The van der Waals surface area contributed by atoms with Gasteiger partial charge >= 0.3 is 20.4 Å². The van der Waals surface area contributed by atoms with E-state index in [4.69, 9.17) is 0 Å². The summed E-state index contributed by atoms with van der Waals surface area (Å²) in [5.74, 6) is 0. The zero-order valence-electron chi connectivity index (χ0n) is 5.24. The molecule has 0 saturated carbocycles. The molecule has 0 aromatic heterocycles. The van der Waals surface area contributed by atoms with E-state index in [-0.39, 0.29) is 12.4 Å². The zero-order valence-corrected chi connectivity index (χ0v) is 7.47. The van der Waals surface area contributed by atoms with Gasteiger partial charge in [-0.1, -0.05) is 20.3 Å². The molecule has 0 nitrogen and oxygen atoms in total. The van der Waals surface area contributed by atoms with Crippen molar-refractivity contribution in [2.75, 3.05) is 0 Å². The zero-order chi connectivity index (χ0) is 4.83. The molecule has 0 bridgehead atoms. The summed E-state index contributed by atoms with van der Waals surface area (Å²) < 4.78 is 3.05. The van der Waals surface area contributed by atoms with Crippen molar-refractivity contribution in [2.45, 2.75) is 29.4 Å². The van der Waals surface area contributed by atoms with Gasteiger partial charge in [-0.15, -0.1) is 21.5 Å². The maximum atomic E-state index is 2.29. The van der Waals surface area contributed by atoms with Gasteiger partial charge in [0.1, 0.15) is 0 Å². The van der Waals surface area contributed by atoms with Crippen LogP contribution in [0.15, 0.2) is 0 Å². The average Bonchev–Trinajstić information content (AvgIpc) is 1.61. The minimum atomic E-state index is 0. The summed E-state index contributed by atoms with van der Waals surface area (Å²) in [7, 11) is 0. The van der Waals surface area contributed by atoms with Crippen molar-refractivity contribution in [3.05, 3.63) is 0 Å². The maximum Gasteiger partial charge on any atom is 0.363 e. The summed E-state index contributed by atoms with van der Waals surface area (Å²) in [4.78, 5) is 0. The van der Waals surface area contributed by atoms with E-state index in [0.29, 0.717) is 20.4 Å². The van der Waals surface area contributed by atoms with Gasteiger partial charge in [-0.2, -0.15) is 0 Å². The third kappa shape index (κ3) is 11.0. The Balaban J connectivity index is 0. The Labute approximate surface area is 62.2 Å². The molecule has 2 heteroatoms. The van der Waals surface area contributed by atoms with Crippen molar-refractivity contribution in [3.63, 3.8) is 0 Å². The molecular weight excluding hydrogens is 120 g/mol. The highest BCUT2D eigenvalue weighted by Gasteiger charge is 1.84. The van der Waals surface area contributed by atoms with E-state index in [0.717, 1.165) is 0 Å². The Kier molecular flexibility index (Phi) is 15.8. The van der Waals surface area contributed by atoms with Gasteiger partial charge in [0.2, 0.25) is 0 Å². The summed E-state index contributed by atoms with van der Waals surface area (Å²) >= 11 is 0.422. The summed E-state index contributed by atoms with van der Waals surface area (Å²) in [6.07, 6.45) is 1.42. The second kappa shape index (κ2) is 10.1. The predicted molar refractivity (Wildman–Crippen MR) is 38.6 cm³/mol. The van der Waals surface area contributed by atoms with Crippen LogP contribution in [0.5, 0.6) is 0 Å². The molecule has 42 valence electrons. The second-order valence-corrected chi connectivity index (χ2v) is 4.12. The Hall–Kier alpha value is 1.06. The lowest BCUT2D eigenvalue weighted by Crippen LogP contribution is -1.80. The van der Waals surface area contributed by atoms with Crippen LogP contribution in [0.3, 0.4) is 0 Å². The standard InChI is InChI=1S/C3H7.C2H5.ClH.Mg/c1-3-2;1-2;;/h1,3H2,2H3;1H2,2H3;1H;. The van der Waals surface area contributed by atoms with Gasteiger partial charge in [0.15, 0.2) is 0 Å². The molecule has 0 rings (SSSR count). The number of hydrogen-bond donors (Lipinski definition) is 0. The molecule has 0 aromatic rings. The van der Waals surface area contributed by atoms with Crippen LogP contribution in [0, 0.1) is 0 Å². The molecule has 0 unspecified atom stereocenters. The molecular formula is C5H13ClMg. The fourth-order valence-electron chi connectivity index (χ4n) is 0.500. The van der Waals surface area contributed by atoms with Gasteiger partial charge < -0.3 is 0 Å². The highest BCUT2D eigenvalue weighted by atomic mass is 35.5. The average molecular weight is 133 g/mol. The van der Waals surface area contributed by atoms with Crippen LogP contribution in [-0.2, 0) is 0 Å². The largest absolute Gasteiger partial charge is 0.363 e. The number of hydrogen-bond acceptors (Lipinski definition) is 0. The Morgan fingerprint density at radius 1 is 1.29 bits per heavy atom. The van der Waals surface area contributed by atoms with E-state index in [1.54, 1.807) is 4.55 Å². The first kappa shape index (κ1) is 10.9. The van der Waals surface area contributed by atoms with Gasteiger partial charge in [-0.05, 0) is 0 Å². The minimum Gasteiger partial charge on any atom is -0.149 e. The van der Waals surface area contributed by atoms with Gasteiger partial charge in [-0.25, -0.2) is 0 Å². The molecule has 0 atom stereocenters. The van der Waals surface area contributed by atoms with E-state index < -0.39 is 0 Å². The molecule has 0 aromatic carbocycles. The quantitative estimate of drug-likeness (QED) is 0.409. The molecule has 0 N–H and O–H groups in total. The Morgan fingerprint density at radius 2 is 1.86 bits per heavy atom. The van der Waals surface area contributed by atoms with E-state index in [2.05, 4.69) is 13.8 Å². The first-order valence-corrected chi connectivity index (χ1v) is 4.91. The molecule has 0 amide bonds. The molecule has 0 aliphatic heterocycles. The van der Waals surface area contributed by atoms with Crippen LogP contribution in [0.4, 0.5) is 0 Å². The third-order valence-corrected chi connectivity index (χ3v) is 2.87.